The van der Waals surface area contributed by atoms with Gasteiger partial charge in [-0.1, -0.05) is 13.8 Å². The van der Waals surface area contributed by atoms with Crippen LogP contribution in [0.2, 0.25) is 0 Å². The Morgan fingerprint density at radius 3 is 2.59 bits per heavy atom. The van der Waals surface area contributed by atoms with Crippen LogP contribution in [0.4, 0.5) is 4.39 Å². The van der Waals surface area contributed by atoms with E-state index in [1.165, 1.54) is 10.4 Å². The van der Waals surface area contributed by atoms with E-state index in [0.717, 1.165) is 17.7 Å². The Labute approximate surface area is 159 Å². The monoisotopic (exact) mass is 396 g/mol. The highest BCUT2D eigenvalue weighted by Gasteiger charge is 2.24. The number of aromatic nitrogens is 2. The molecule has 0 unspecified atom stereocenters. The van der Waals surface area contributed by atoms with Gasteiger partial charge in [0.05, 0.1) is 16.7 Å². The second kappa shape index (κ2) is 9.09. The van der Waals surface area contributed by atoms with Crippen LogP contribution in [-0.4, -0.2) is 48.0 Å². The first kappa shape index (κ1) is 21.0. The van der Waals surface area contributed by atoms with E-state index in [0.29, 0.717) is 32.6 Å². The molecule has 9 heteroatoms. The molecule has 0 saturated carbocycles. The molecule has 2 rings (SSSR count). The van der Waals surface area contributed by atoms with Crippen LogP contribution >= 0.6 is 0 Å². The summed E-state index contributed by atoms with van der Waals surface area (Å²) in [6.45, 7) is 6.92. The van der Waals surface area contributed by atoms with Gasteiger partial charge in [-0.3, -0.25) is 9.48 Å². The molecule has 0 saturated heterocycles. The molecule has 1 amide bonds. The Hall–Kier alpha value is -2.26. The minimum Gasteiger partial charge on any atom is -0.352 e. The molecule has 1 aromatic carbocycles. The van der Waals surface area contributed by atoms with Crippen molar-refractivity contribution >= 4 is 15.9 Å². The van der Waals surface area contributed by atoms with E-state index >= 15 is 0 Å². The molecule has 0 bridgehead atoms. The quantitative estimate of drug-likeness (QED) is 0.659. The molecule has 0 aliphatic rings. The minimum atomic E-state index is -3.76. The molecule has 1 aromatic heterocycles. The number of nitrogens with zero attached hydrogens (tertiary/aromatic N) is 3. The van der Waals surface area contributed by atoms with E-state index in [1.807, 2.05) is 13.1 Å². The fourth-order valence-corrected chi connectivity index (χ4v) is 4.16. The summed E-state index contributed by atoms with van der Waals surface area (Å²) in [4.78, 5) is 12.2. The van der Waals surface area contributed by atoms with Crippen LogP contribution < -0.4 is 5.32 Å². The lowest BCUT2D eigenvalue weighted by molar-refractivity contribution is 0.0948. The molecule has 0 aliphatic heterocycles. The summed E-state index contributed by atoms with van der Waals surface area (Å²) in [6, 6.07) is 3.28. The first-order chi connectivity index (χ1) is 12.8. The predicted octanol–water partition coefficient (Wildman–Crippen LogP) is 2.18. The van der Waals surface area contributed by atoms with Gasteiger partial charge in [0.15, 0.2) is 0 Å². The molecule has 0 radical (unpaired) electrons. The van der Waals surface area contributed by atoms with Crippen molar-refractivity contribution in [2.24, 2.45) is 0 Å². The molecular weight excluding hydrogens is 371 g/mol. The zero-order valence-electron chi connectivity index (χ0n) is 15.8. The maximum atomic E-state index is 14.1. The Morgan fingerprint density at radius 2 is 2.00 bits per heavy atom. The van der Waals surface area contributed by atoms with Gasteiger partial charge in [-0.25, -0.2) is 12.8 Å². The van der Waals surface area contributed by atoms with Gasteiger partial charge in [0.2, 0.25) is 10.0 Å². The second-order valence-corrected chi connectivity index (χ2v) is 8.06. The summed E-state index contributed by atoms with van der Waals surface area (Å²) in [6.07, 6.45) is 4.25. The smallest absolute Gasteiger partial charge is 0.254 e. The second-order valence-electron chi connectivity index (χ2n) is 6.12. The standard InChI is InChI=1S/C18H25FN4O3S/c1-4-23(5-2)27(25,26)15-7-8-17(19)16(11-15)18(24)20-9-6-10-22-13-14(3)12-21-22/h7-8,11-13H,4-6,9-10H2,1-3H3,(H,20,24). The molecule has 0 aliphatic carbocycles. The number of hydrogen-bond donors (Lipinski definition) is 1. The van der Waals surface area contributed by atoms with Crippen molar-refractivity contribution in [2.45, 2.75) is 38.6 Å². The summed E-state index contributed by atoms with van der Waals surface area (Å²) in [7, 11) is -3.76. The molecule has 27 heavy (non-hydrogen) atoms. The van der Waals surface area contributed by atoms with Crippen LogP contribution in [-0.2, 0) is 16.6 Å². The lowest BCUT2D eigenvalue weighted by Crippen LogP contribution is -2.31. The normalized spacial score (nSPS) is 11.7. The van der Waals surface area contributed by atoms with Crippen LogP contribution in [0.3, 0.4) is 0 Å². The van der Waals surface area contributed by atoms with Crippen molar-refractivity contribution in [3.63, 3.8) is 0 Å². The van der Waals surface area contributed by atoms with E-state index in [2.05, 4.69) is 10.4 Å². The fraction of sp³-hybridized carbons (Fsp3) is 0.444. The third-order valence-corrected chi connectivity index (χ3v) is 6.18. The van der Waals surface area contributed by atoms with Gasteiger partial charge in [-0.15, -0.1) is 0 Å². The zero-order valence-corrected chi connectivity index (χ0v) is 16.6. The summed E-state index contributed by atoms with van der Waals surface area (Å²) in [5.74, 6) is -1.39. The topological polar surface area (TPSA) is 84.3 Å². The SMILES string of the molecule is CCN(CC)S(=O)(=O)c1ccc(F)c(C(=O)NCCCn2cc(C)cn2)c1. The number of amides is 1. The van der Waals surface area contributed by atoms with Gasteiger partial charge in [-0.05, 0) is 37.1 Å². The molecule has 1 N–H and O–H groups in total. The number of aryl methyl sites for hydroxylation is 2. The predicted molar refractivity (Wildman–Crippen MR) is 100 cm³/mol. The number of halogens is 1. The maximum absolute atomic E-state index is 14.1. The van der Waals surface area contributed by atoms with Crippen LogP contribution in [0.1, 0.15) is 36.2 Å². The molecule has 148 valence electrons. The average Bonchev–Trinajstić information content (AvgIpc) is 3.04. The highest BCUT2D eigenvalue weighted by molar-refractivity contribution is 7.89. The molecule has 0 atom stereocenters. The van der Waals surface area contributed by atoms with E-state index in [4.69, 9.17) is 0 Å². The number of carbonyl (C=O) groups excluding carboxylic acids is 1. The number of hydrogen-bond acceptors (Lipinski definition) is 4. The number of benzene rings is 1. The van der Waals surface area contributed by atoms with Gasteiger partial charge >= 0.3 is 0 Å². The van der Waals surface area contributed by atoms with Crippen molar-refractivity contribution in [1.29, 1.82) is 0 Å². The number of nitrogens with one attached hydrogen (secondary N) is 1. The third-order valence-electron chi connectivity index (χ3n) is 4.14. The lowest BCUT2D eigenvalue weighted by Gasteiger charge is -2.19. The third kappa shape index (κ3) is 5.14. The summed E-state index contributed by atoms with van der Waals surface area (Å²) in [5.41, 5.74) is 0.769. The van der Waals surface area contributed by atoms with Crippen LogP contribution in [0, 0.1) is 12.7 Å². The van der Waals surface area contributed by atoms with E-state index in [-0.39, 0.29) is 10.5 Å². The molecule has 0 spiro atoms. The molecule has 1 heterocycles. The molecule has 7 nitrogen and oxygen atoms in total. The highest BCUT2D eigenvalue weighted by Crippen LogP contribution is 2.19. The number of carbonyl (C=O) groups is 1. The molecular formula is C18H25FN4O3S. The lowest BCUT2D eigenvalue weighted by atomic mass is 10.2. The number of sulfonamides is 1. The zero-order chi connectivity index (χ0) is 20.0. The molecule has 2 aromatic rings. The van der Waals surface area contributed by atoms with E-state index in [1.54, 1.807) is 24.7 Å². The van der Waals surface area contributed by atoms with Crippen molar-refractivity contribution in [2.75, 3.05) is 19.6 Å². The minimum absolute atomic E-state index is 0.0928. The largest absolute Gasteiger partial charge is 0.352 e. The van der Waals surface area contributed by atoms with Gasteiger partial charge < -0.3 is 5.32 Å². The molecule has 0 fully saturated rings. The van der Waals surface area contributed by atoms with Crippen LogP contribution in [0.25, 0.3) is 0 Å². The fourth-order valence-electron chi connectivity index (χ4n) is 2.68. The Kier molecular flexibility index (Phi) is 7.09. The summed E-state index contributed by atoms with van der Waals surface area (Å²) < 4.78 is 42.2. The Balaban J connectivity index is 2.05. The highest BCUT2D eigenvalue weighted by atomic mass is 32.2. The van der Waals surface area contributed by atoms with Crippen LogP contribution in [0.5, 0.6) is 0 Å². The maximum Gasteiger partial charge on any atom is 0.254 e. The van der Waals surface area contributed by atoms with Gasteiger partial charge in [0.25, 0.3) is 5.91 Å². The van der Waals surface area contributed by atoms with E-state index in [9.17, 15) is 17.6 Å². The van der Waals surface area contributed by atoms with Gasteiger partial charge in [0.1, 0.15) is 5.82 Å². The number of rotatable bonds is 9. The first-order valence-electron chi connectivity index (χ1n) is 8.86. The first-order valence-corrected chi connectivity index (χ1v) is 10.3. The summed E-state index contributed by atoms with van der Waals surface area (Å²) >= 11 is 0. The van der Waals surface area contributed by atoms with Crippen molar-refractivity contribution in [3.8, 4) is 0 Å². The Morgan fingerprint density at radius 1 is 1.30 bits per heavy atom. The van der Waals surface area contributed by atoms with Crippen molar-refractivity contribution < 1.29 is 17.6 Å². The Bertz CT molecular complexity index is 892. The van der Waals surface area contributed by atoms with Gasteiger partial charge in [-0.2, -0.15) is 9.40 Å². The van der Waals surface area contributed by atoms with E-state index < -0.39 is 21.7 Å². The van der Waals surface area contributed by atoms with Gasteiger partial charge in [0, 0.05) is 32.4 Å². The van der Waals surface area contributed by atoms with Crippen molar-refractivity contribution in [1.82, 2.24) is 19.4 Å². The van der Waals surface area contributed by atoms with Crippen LogP contribution in [0.15, 0.2) is 35.5 Å². The summed E-state index contributed by atoms with van der Waals surface area (Å²) in [5, 5.41) is 6.77. The average molecular weight is 396 g/mol. The van der Waals surface area contributed by atoms with Crippen molar-refractivity contribution in [3.05, 3.63) is 47.5 Å².